The third kappa shape index (κ3) is 4.79. The Kier molecular flexibility index (Phi) is 5.70. The standard InChI is InChI=1S/C16H15BrN2O4/c1-11-9-12(5-6-15(11)19(21)22)16(20)18-7-8-23-14-4-2-3-13(17)10-14/h2-6,9-10H,7-8H2,1H3,(H,18,20). The summed E-state index contributed by atoms with van der Waals surface area (Å²) in [6.45, 7) is 2.26. The molecule has 23 heavy (non-hydrogen) atoms. The van der Waals surface area contributed by atoms with Crippen LogP contribution in [0, 0.1) is 17.0 Å². The summed E-state index contributed by atoms with van der Waals surface area (Å²) in [6.07, 6.45) is 0. The first-order valence-corrected chi connectivity index (χ1v) is 7.68. The van der Waals surface area contributed by atoms with Crippen molar-refractivity contribution in [2.75, 3.05) is 13.2 Å². The van der Waals surface area contributed by atoms with Crippen LogP contribution in [0.15, 0.2) is 46.9 Å². The first-order chi connectivity index (χ1) is 11.0. The lowest BCUT2D eigenvalue weighted by Crippen LogP contribution is -2.28. The molecular formula is C16H15BrN2O4. The Morgan fingerprint density at radius 1 is 1.30 bits per heavy atom. The number of halogens is 1. The third-order valence-corrected chi connectivity index (χ3v) is 3.60. The van der Waals surface area contributed by atoms with E-state index < -0.39 is 4.92 Å². The van der Waals surface area contributed by atoms with Crippen molar-refractivity contribution in [1.29, 1.82) is 0 Å². The summed E-state index contributed by atoms with van der Waals surface area (Å²) in [7, 11) is 0. The van der Waals surface area contributed by atoms with Gasteiger partial charge in [0, 0.05) is 21.7 Å². The minimum atomic E-state index is -0.469. The molecule has 0 aliphatic rings. The zero-order valence-electron chi connectivity index (χ0n) is 12.4. The predicted octanol–water partition coefficient (Wildman–Crippen LogP) is 3.47. The summed E-state index contributed by atoms with van der Waals surface area (Å²) in [4.78, 5) is 22.3. The summed E-state index contributed by atoms with van der Waals surface area (Å²) in [5, 5.41) is 13.5. The van der Waals surface area contributed by atoms with E-state index in [1.54, 1.807) is 6.92 Å². The van der Waals surface area contributed by atoms with Crippen LogP contribution in [0.2, 0.25) is 0 Å². The van der Waals surface area contributed by atoms with Gasteiger partial charge in [-0.05, 0) is 37.3 Å². The second-order valence-corrected chi connectivity index (χ2v) is 5.74. The van der Waals surface area contributed by atoms with E-state index in [1.807, 2.05) is 24.3 Å². The fourth-order valence-corrected chi connectivity index (χ4v) is 2.37. The Balaban J connectivity index is 1.85. The van der Waals surface area contributed by atoms with Crippen LogP contribution in [0.5, 0.6) is 5.75 Å². The number of carbonyl (C=O) groups is 1. The van der Waals surface area contributed by atoms with Crippen LogP contribution in [0.1, 0.15) is 15.9 Å². The molecule has 7 heteroatoms. The highest BCUT2D eigenvalue weighted by Crippen LogP contribution is 2.19. The van der Waals surface area contributed by atoms with Gasteiger partial charge in [0.25, 0.3) is 11.6 Å². The molecule has 0 heterocycles. The number of amides is 1. The molecule has 1 N–H and O–H groups in total. The van der Waals surface area contributed by atoms with Gasteiger partial charge in [-0.15, -0.1) is 0 Å². The van der Waals surface area contributed by atoms with Crippen LogP contribution in [0.3, 0.4) is 0 Å². The Bertz CT molecular complexity index is 734. The van der Waals surface area contributed by atoms with E-state index in [0.717, 1.165) is 4.47 Å². The number of hydrogen-bond acceptors (Lipinski definition) is 4. The number of nitrogens with one attached hydrogen (secondary N) is 1. The monoisotopic (exact) mass is 378 g/mol. The molecule has 0 unspecified atom stereocenters. The van der Waals surface area contributed by atoms with E-state index in [-0.39, 0.29) is 11.6 Å². The van der Waals surface area contributed by atoms with Gasteiger partial charge >= 0.3 is 0 Å². The number of ether oxygens (including phenoxy) is 1. The lowest BCUT2D eigenvalue weighted by molar-refractivity contribution is -0.385. The van der Waals surface area contributed by atoms with Gasteiger partial charge in [0.1, 0.15) is 12.4 Å². The van der Waals surface area contributed by atoms with Gasteiger partial charge in [-0.2, -0.15) is 0 Å². The van der Waals surface area contributed by atoms with Crippen LogP contribution < -0.4 is 10.1 Å². The van der Waals surface area contributed by atoms with Crippen molar-refractivity contribution in [3.8, 4) is 5.75 Å². The molecule has 2 aromatic rings. The van der Waals surface area contributed by atoms with Gasteiger partial charge in [0.05, 0.1) is 11.5 Å². The van der Waals surface area contributed by atoms with Crippen LogP contribution in [-0.4, -0.2) is 24.0 Å². The molecule has 2 rings (SSSR count). The Labute approximate surface area is 141 Å². The van der Waals surface area contributed by atoms with Crippen molar-refractivity contribution in [2.24, 2.45) is 0 Å². The predicted molar refractivity (Wildman–Crippen MR) is 89.8 cm³/mol. The quantitative estimate of drug-likeness (QED) is 0.473. The van der Waals surface area contributed by atoms with Crippen LogP contribution >= 0.6 is 15.9 Å². The molecule has 6 nitrogen and oxygen atoms in total. The average molecular weight is 379 g/mol. The third-order valence-electron chi connectivity index (χ3n) is 3.11. The van der Waals surface area contributed by atoms with Crippen molar-refractivity contribution in [3.63, 3.8) is 0 Å². The van der Waals surface area contributed by atoms with Crippen LogP contribution in [0.25, 0.3) is 0 Å². The van der Waals surface area contributed by atoms with E-state index >= 15 is 0 Å². The minimum Gasteiger partial charge on any atom is -0.492 e. The minimum absolute atomic E-state index is 0.000428. The van der Waals surface area contributed by atoms with Crippen molar-refractivity contribution < 1.29 is 14.5 Å². The Hall–Kier alpha value is -2.41. The lowest BCUT2D eigenvalue weighted by Gasteiger charge is -2.08. The number of nitrogens with zero attached hydrogens (tertiary/aromatic N) is 1. The summed E-state index contributed by atoms with van der Waals surface area (Å²) in [6, 6.07) is 11.7. The maximum Gasteiger partial charge on any atom is 0.272 e. The smallest absolute Gasteiger partial charge is 0.272 e. The van der Waals surface area contributed by atoms with E-state index in [9.17, 15) is 14.9 Å². The van der Waals surface area contributed by atoms with Crippen molar-refractivity contribution in [1.82, 2.24) is 5.32 Å². The van der Waals surface area contributed by atoms with Gasteiger partial charge in [0.2, 0.25) is 0 Å². The first kappa shape index (κ1) is 17.0. The van der Waals surface area contributed by atoms with Gasteiger partial charge in [-0.25, -0.2) is 0 Å². The van der Waals surface area contributed by atoms with Gasteiger partial charge in [0.15, 0.2) is 0 Å². The SMILES string of the molecule is Cc1cc(C(=O)NCCOc2cccc(Br)c2)ccc1[N+](=O)[O-]. The summed E-state index contributed by atoms with van der Waals surface area (Å²) in [5.74, 6) is 0.417. The van der Waals surface area contributed by atoms with Gasteiger partial charge in [-0.3, -0.25) is 14.9 Å². The molecule has 1 amide bonds. The van der Waals surface area contributed by atoms with Crippen LogP contribution in [-0.2, 0) is 0 Å². The van der Waals surface area contributed by atoms with Crippen molar-refractivity contribution in [2.45, 2.75) is 6.92 Å². The zero-order valence-corrected chi connectivity index (χ0v) is 14.0. The number of rotatable bonds is 6. The summed E-state index contributed by atoms with van der Waals surface area (Å²) >= 11 is 3.35. The second kappa shape index (κ2) is 7.73. The molecule has 0 aliphatic carbocycles. The zero-order chi connectivity index (χ0) is 16.8. The number of benzene rings is 2. The van der Waals surface area contributed by atoms with E-state index in [0.29, 0.717) is 30.0 Å². The van der Waals surface area contributed by atoms with E-state index in [2.05, 4.69) is 21.2 Å². The normalized spacial score (nSPS) is 10.2. The Morgan fingerprint density at radius 3 is 2.74 bits per heavy atom. The molecule has 0 spiro atoms. The molecular weight excluding hydrogens is 364 g/mol. The Morgan fingerprint density at radius 2 is 2.09 bits per heavy atom. The first-order valence-electron chi connectivity index (χ1n) is 6.89. The molecule has 0 bridgehead atoms. The van der Waals surface area contributed by atoms with Gasteiger partial charge in [-0.1, -0.05) is 22.0 Å². The number of aryl methyl sites for hydroxylation is 1. The average Bonchev–Trinajstić information content (AvgIpc) is 2.51. The number of hydrogen-bond donors (Lipinski definition) is 1. The molecule has 0 fully saturated rings. The largest absolute Gasteiger partial charge is 0.492 e. The summed E-state index contributed by atoms with van der Waals surface area (Å²) in [5.41, 5.74) is 0.836. The number of carbonyl (C=O) groups excluding carboxylic acids is 1. The van der Waals surface area contributed by atoms with Crippen molar-refractivity contribution >= 4 is 27.5 Å². The molecule has 0 aromatic heterocycles. The highest BCUT2D eigenvalue weighted by molar-refractivity contribution is 9.10. The van der Waals surface area contributed by atoms with Crippen molar-refractivity contribution in [3.05, 3.63) is 68.2 Å². The van der Waals surface area contributed by atoms with E-state index in [4.69, 9.17) is 4.74 Å². The topological polar surface area (TPSA) is 81.5 Å². The van der Waals surface area contributed by atoms with E-state index in [1.165, 1.54) is 18.2 Å². The molecule has 0 atom stereocenters. The number of nitro benzene ring substituents is 1. The summed E-state index contributed by atoms with van der Waals surface area (Å²) < 4.78 is 6.43. The molecule has 2 aromatic carbocycles. The molecule has 120 valence electrons. The maximum absolute atomic E-state index is 12.0. The second-order valence-electron chi connectivity index (χ2n) is 4.82. The molecule has 0 saturated carbocycles. The molecule has 0 radical (unpaired) electrons. The number of nitro groups is 1. The molecule has 0 saturated heterocycles. The fraction of sp³-hybridized carbons (Fsp3) is 0.188. The maximum atomic E-state index is 12.0. The highest BCUT2D eigenvalue weighted by Gasteiger charge is 2.13. The lowest BCUT2D eigenvalue weighted by atomic mass is 10.1. The molecule has 0 aliphatic heterocycles. The van der Waals surface area contributed by atoms with Crippen LogP contribution in [0.4, 0.5) is 5.69 Å². The highest BCUT2D eigenvalue weighted by atomic mass is 79.9. The fourth-order valence-electron chi connectivity index (χ4n) is 1.99. The van der Waals surface area contributed by atoms with Gasteiger partial charge < -0.3 is 10.1 Å².